The molecule has 5 heteroatoms. The van der Waals surface area contributed by atoms with Crippen LogP contribution in [0.4, 0.5) is 4.39 Å². The molecule has 0 radical (unpaired) electrons. The van der Waals surface area contributed by atoms with Crippen molar-refractivity contribution in [1.29, 1.82) is 0 Å². The van der Waals surface area contributed by atoms with E-state index in [0.29, 0.717) is 16.7 Å². The molecule has 22 heavy (non-hydrogen) atoms. The average Bonchev–Trinajstić information content (AvgIpc) is 2.60. The van der Waals surface area contributed by atoms with Crippen LogP contribution < -0.4 is 0 Å². The first-order valence-electron chi connectivity index (χ1n) is 6.79. The molecule has 0 spiro atoms. The average molecular weight is 303 g/mol. The lowest BCUT2D eigenvalue weighted by atomic mass is 9.87. The maximum absolute atomic E-state index is 13.5. The van der Waals surface area contributed by atoms with Crippen LogP contribution in [-0.2, 0) is 10.4 Å². The molecule has 0 bridgehead atoms. The Morgan fingerprint density at radius 1 is 1.14 bits per heavy atom. The number of alkyl halides is 1. The third-order valence-corrected chi connectivity index (χ3v) is 3.61. The lowest BCUT2D eigenvalue weighted by Gasteiger charge is -2.26. The van der Waals surface area contributed by atoms with Crippen molar-refractivity contribution in [3.05, 3.63) is 71.3 Å². The number of hydrogen-bond donors (Lipinski definition) is 1. The van der Waals surface area contributed by atoms with Crippen LogP contribution in [0.25, 0.3) is 0 Å². The van der Waals surface area contributed by atoms with Crippen LogP contribution in [0.1, 0.15) is 21.5 Å². The summed E-state index contributed by atoms with van der Waals surface area (Å²) in [7, 11) is 2.89. The van der Waals surface area contributed by atoms with Gasteiger partial charge in [-0.3, -0.25) is 9.63 Å². The van der Waals surface area contributed by atoms with Gasteiger partial charge in [0.05, 0.1) is 7.11 Å². The first-order valence-corrected chi connectivity index (χ1v) is 6.79. The van der Waals surface area contributed by atoms with Crippen molar-refractivity contribution >= 4 is 5.91 Å². The smallest absolute Gasteiger partial charge is 0.277 e. The summed E-state index contributed by atoms with van der Waals surface area (Å²) in [5, 5.41) is 11.7. The van der Waals surface area contributed by atoms with Gasteiger partial charge in [0, 0.05) is 12.6 Å². The van der Waals surface area contributed by atoms with E-state index in [1.165, 1.54) is 26.3 Å². The Kier molecular flexibility index (Phi) is 4.90. The number of hydroxylamine groups is 2. The molecular weight excluding hydrogens is 285 g/mol. The van der Waals surface area contributed by atoms with Crippen LogP contribution in [0.5, 0.6) is 0 Å². The summed E-state index contributed by atoms with van der Waals surface area (Å²) in [6.45, 7) is -0.956. The number of hydrogen-bond acceptors (Lipinski definition) is 3. The molecule has 1 unspecified atom stereocenters. The highest BCUT2D eigenvalue weighted by Crippen LogP contribution is 2.30. The fourth-order valence-electron chi connectivity index (χ4n) is 2.19. The molecule has 1 amide bonds. The van der Waals surface area contributed by atoms with E-state index in [4.69, 9.17) is 4.84 Å². The van der Waals surface area contributed by atoms with Gasteiger partial charge in [-0.15, -0.1) is 0 Å². The quantitative estimate of drug-likeness (QED) is 0.864. The van der Waals surface area contributed by atoms with E-state index in [-0.39, 0.29) is 5.91 Å². The highest BCUT2D eigenvalue weighted by Gasteiger charge is 2.31. The van der Waals surface area contributed by atoms with Crippen molar-refractivity contribution < 1.29 is 19.1 Å². The van der Waals surface area contributed by atoms with Gasteiger partial charge < -0.3 is 5.11 Å². The maximum Gasteiger partial charge on any atom is 0.277 e. The van der Waals surface area contributed by atoms with Crippen molar-refractivity contribution in [2.45, 2.75) is 5.60 Å². The number of carbonyl (C=O) groups is 1. The van der Waals surface area contributed by atoms with E-state index in [2.05, 4.69) is 0 Å². The fourth-order valence-corrected chi connectivity index (χ4v) is 2.19. The second kappa shape index (κ2) is 6.68. The molecule has 2 rings (SSSR count). The number of halogens is 1. The number of rotatable bonds is 5. The van der Waals surface area contributed by atoms with Crippen LogP contribution in [0.15, 0.2) is 54.6 Å². The molecular formula is C17H18FNO3. The predicted octanol–water partition coefficient (Wildman–Crippen LogP) is 2.53. The predicted molar refractivity (Wildman–Crippen MR) is 81.0 cm³/mol. The summed E-state index contributed by atoms with van der Waals surface area (Å²) in [5.74, 6) is -0.322. The second-order valence-corrected chi connectivity index (χ2v) is 4.92. The third-order valence-electron chi connectivity index (χ3n) is 3.61. The molecule has 2 aromatic carbocycles. The first-order chi connectivity index (χ1) is 10.5. The zero-order valence-electron chi connectivity index (χ0n) is 12.5. The molecule has 1 N–H and O–H groups in total. The summed E-state index contributed by atoms with van der Waals surface area (Å²) < 4.78 is 13.5. The van der Waals surface area contributed by atoms with Gasteiger partial charge in [0.15, 0.2) is 0 Å². The van der Waals surface area contributed by atoms with Crippen LogP contribution in [0.2, 0.25) is 0 Å². The normalized spacial score (nSPS) is 13.5. The molecule has 0 saturated heterocycles. The van der Waals surface area contributed by atoms with Crippen molar-refractivity contribution in [2.75, 3.05) is 20.8 Å². The number of aliphatic hydroxyl groups is 1. The van der Waals surface area contributed by atoms with E-state index in [1.54, 1.807) is 42.5 Å². The summed E-state index contributed by atoms with van der Waals surface area (Å²) in [6.07, 6.45) is 0. The van der Waals surface area contributed by atoms with Gasteiger partial charge in [-0.1, -0.05) is 42.5 Å². The monoisotopic (exact) mass is 303 g/mol. The Balaban J connectivity index is 2.34. The van der Waals surface area contributed by atoms with Gasteiger partial charge in [-0.05, 0) is 23.3 Å². The minimum Gasteiger partial charge on any atom is -0.378 e. The van der Waals surface area contributed by atoms with Crippen LogP contribution in [0, 0.1) is 0 Å². The minimum absolute atomic E-state index is 0.322. The molecule has 2 aromatic rings. The summed E-state index contributed by atoms with van der Waals surface area (Å²) >= 11 is 0. The lowest BCUT2D eigenvalue weighted by molar-refractivity contribution is -0.0757. The van der Waals surface area contributed by atoms with Crippen molar-refractivity contribution in [2.24, 2.45) is 0 Å². The highest BCUT2D eigenvalue weighted by atomic mass is 19.1. The Hall–Kier alpha value is -2.24. The second-order valence-electron chi connectivity index (χ2n) is 4.92. The molecule has 0 fully saturated rings. The summed E-state index contributed by atoms with van der Waals surface area (Å²) in [6, 6.07) is 14.8. The minimum atomic E-state index is -1.73. The Morgan fingerprint density at radius 2 is 1.68 bits per heavy atom. The van der Waals surface area contributed by atoms with E-state index in [0.717, 1.165) is 5.06 Å². The van der Waals surface area contributed by atoms with Crippen molar-refractivity contribution in [1.82, 2.24) is 5.06 Å². The maximum atomic E-state index is 13.5. The number of nitrogens with zero attached hydrogens (tertiary/aromatic N) is 1. The largest absolute Gasteiger partial charge is 0.378 e. The molecule has 0 aliphatic carbocycles. The third kappa shape index (κ3) is 3.00. The Bertz CT molecular complexity index is 630. The van der Waals surface area contributed by atoms with E-state index >= 15 is 0 Å². The van der Waals surface area contributed by atoms with E-state index < -0.39 is 12.3 Å². The van der Waals surface area contributed by atoms with Crippen LogP contribution >= 0.6 is 0 Å². The molecule has 116 valence electrons. The molecule has 0 saturated carbocycles. The topological polar surface area (TPSA) is 49.8 Å². The summed E-state index contributed by atoms with van der Waals surface area (Å²) in [5.41, 5.74) is -0.485. The molecule has 1 atom stereocenters. The number of amides is 1. The SMILES string of the molecule is CON(C)C(=O)c1ccc(C(O)(CF)c2ccccc2)cc1. The van der Waals surface area contributed by atoms with Gasteiger partial charge >= 0.3 is 0 Å². The van der Waals surface area contributed by atoms with E-state index in [1.807, 2.05) is 0 Å². The van der Waals surface area contributed by atoms with Crippen LogP contribution in [0.3, 0.4) is 0 Å². The zero-order valence-corrected chi connectivity index (χ0v) is 12.5. The summed E-state index contributed by atoms with van der Waals surface area (Å²) in [4.78, 5) is 16.8. The zero-order chi connectivity index (χ0) is 16.2. The van der Waals surface area contributed by atoms with Gasteiger partial charge in [0.25, 0.3) is 5.91 Å². The molecule has 0 heterocycles. The lowest BCUT2D eigenvalue weighted by Crippen LogP contribution is -2.30. The molecule has 0 aromatic heterocycles. The van der Waals surface area contributed by atoms with Crippen molar-refractivity contribution in [3.8, 4) is 0 Å². The Morgan fingerprint density at radius 3 is 2.18 bits per heavy atom. The molecule has 0 aliphatic heterocycles. The van der Waals surface area contributed by atoms with Crippen LogP contribution in [-0.4, -0.2) is 36.9 Å². The molecule has 4 nitrogen and oxygen atoms in total. The van der Waals surface area contributed by atoms with Gasteiger partial charge in [0.2, 0.25) is 0 Å². The van der Waals surface area contributed by atoms with E-state index in [9.17, 15) is 14.3 Å². The van der Waals surface area contributed by atoms with Gasteiger partial charge in [0.1, 0.15) is 12.3 Å². The standard InChI is InChI=1S/C17H18FNO3/c1-19(22-2)16(20)13-8-10-15(11-9-13)17(21,12-18)14-6-4-3-5-7-14/h3-11,21H,12H2,1-2H3. The number of carbonyl (C=O) groups excluding carboxylic acids is 1. The van der Waals surface area contributed by atoms with Gasteiger partial charge in [-0.25, -0.2) is 9.45 Å². The first kappa shape index (κ1) is 16.1. The van der Waals surface area contributed by atoms with Gasteiger partial charge in [-0.2, -0.15) is 0 Å². The number of benzene rings is 2. The highest BCUT2D eigenvalue weighted by molar-refractivity contribution is 5.93. The fraction of sp³-hybridized carbons (Fsp3) is 0.235. The molecule has 0 aliphatic rings. The Labute approximate surface area is 128 Å². The van der Waals surface area contributed by atoms with Crippen molar-refractivity contribution in [3.63, 3.8) is 0 Å².